The van der Waals surface area contributed by atoms with Crippen molar-refractivity contribution in [1.29, 1.82) is 0 Å². The van der Waals surface area contributed by atoms with Gasteiger partial charge in [-0.2, -0.15) is 5.10 Å². The van der Waals surface area contributed by atoms with Crippen molar-refractivity contribution in [3.63, 3.8) is 0 Å². The van der Waals surface area contributed by atoms with Gasteiger partial charge in [-0.3, -0.25) is 19.4 Å². The van der Waals surface area contributed by atoms with Crippen molar-refractivity contribution < 1.29 is 14.4 Å². The molecule has 4 aromatic rings. The summed E-state index contributed by atoms with van der Waals surface area (Å²) in [6, 6.07) is 26.6. The molecule has 1 saturated heterocycles. The first-order chi connectivity index (χ1) is 19.0. The predicted octanol–water partition coefficient (Wildman–Crippen LogP) is 4.36. The molecule has 4 aliphatic rings. The maximum atomic E-state index is 14.4. The zero-order valence-corrected chi connectivity index (χ0v) is 21.1. The number of aryl methyl sites for hydroxylation is 1. The van der Waals surface area contributed by atoms with Crippen LogP contribution in [0.15, 0.2) is 102 Å². The largest absolute Gasteiger partial charge is 0.274 e. The van der Waals surface area contributed by atoms with E-state index in [9.17, 15) is 14.4 Å². The second-order valence-corrected chi connectivity index (χ2v) is 10.3. The molecule has 3 amide bonds. The Morgan fingerprint density at radius 3 is 2.15 bits per heavy atom. The number of nitrogens with one attached hydrogen (secondary N) is 1. The van der Waals surface area contributed by atoms with Crippen LogP contribution in [-0.2, 0) is 15.0 Å². The minimum Gasteiger partial charge on any atom is -0.274 e. The van der Waals surface area contributed by atoms with E-state index in [4.69, 9.17) is 0 Å². The van der Waals surface area contributed by atoms with Gasteiger partial charge >= 0.3 is 0 Å². The number of carbonyl (C=O) groups excluding carboxylic acids is 3. The Morgan fingerprint density at radius 1 is 0.872 bits per heavy atom. The van der Waals surface area contributed by atoms with Gasteiger partial charge < -0.3 is 0 Å². The van der Waals surface area contributed by atoms with E-state index in [1.807, 2.05) is 79.7 Å². The number of anilines is 1. The summed E-state index contributed by atoms with van der Waals surface area (Å²) in [5.74, 6) is -2.39. The number of hydrogen-bond donors (Lipinski definition) is 1. The van der Waals surface area contributed by atoms with Crippen molar-refractivity contribution in [1.82, 2.24) is 10.4 Å². The van der Waals surface area contributed by atoms with E-state index in [-0.39, 0.29) is 23.6 Å². The van der Waals surface area contributed by atoms with E-state index >= 15 is 0 Å². The smallest absolute Gasteiger partial charge is 0.271 e. The topological polar surface area (TPSA) is 91.7 Å². The van der Waals surface area contributed by atoms with Crippen LogP contribution in [0.1, 0.15) is 44.1 Å². The number of imide groups is 1. The fraction of sp³-hybridized carbons (Fsp3) is 0.156. The molecule has 1 fully saturated rings. The van der Waals surface area contributed by atoms with Gasteiger partial charge in [-0.1, -0.05) is 66.7 Å². The summed E-state index contributed by atoms with van der Waals surface area (Å²) in [6.45, 7) is 1.90. The highest BCUT2D eigenvalue weighted by atomic mass is 16.2. The van der Waals surface area contributed by atoms with Gasteiger partial charge in [0.15, 0.2) is 0 Å². The highest BCUT2D eigenvalue weighted by Crippen LogP contribution is 2.63. The second kappa shape index (κ2) is 8.56. The van der Waals surface area contributed by atoms with Gasteiger partial charge in [0.2, 0.25) is 11.8 Å². The van der Waals surface area contributed by atoms with Crippen molar-refractivity contribution in [3.8, 4) is 0 Å². The number of aromatic nitrogens is 1. The van der Waals surface area contributed by atoms with E-state index in [0.717, 1.165) is 27.8 Å². The van der Waals surface area contributed by atoms with E-state index in [1.54, 1.807) is 30.7 Å². The number of hydrazone groups is 1. The predicted molar refractivity (Wildman–Crippen MR) is 146 cm³/mol. The van der Waals surface area contributed by atoms with E-state index in [1.165, 1.54) is 4.90 Å². The highest BCUT2D eigenvalue weighted by Gasteiger charge is 2.68. The van der Waals surface area contributed by atoms with Gasteiger partial charge in [0.1, 0.15) is 0 Å². The molecule has 0 radical (unpaired) electrons. The number of benzene rings is 3. The molecule has 7 heteroatoms. The number of hydrogen-bond acceptors (Lipinski definition) is 5. The number of pyridine rings is 1. The molecule has 8 rings (SSSR count). The molecule has 2 heterocycles. The van der Waals surface area contributed by atoms with E-state index in [0.29, 0.717) is 11.3 Å². The third kappa shape index (κ3) is 3.13. The molecule has 3 aliphatic carbocycles. The average molecular weight is 513 g/mol. The summed E-state index contributed by atoms with van der Waals surface area (Å²) in [4.78, 5) is 46.7. The highest BCUT2D eigenvalue weighted by molar-refractivity contribution is 6.25. The quantitative estimate of drug-likeness (QED) is 0.250. The van der Waals surface area contributed by atoms with Crippen molar-refractivity contribution in [2.24, 2.45) is 16.9 Å². The Kier molecular flexibility index (Phi) is 5.10. The number of carbonyl (C=O) groups is 3. The standard InChI is InChI=1S/C32H24N4O3/c1-19-8-2-7-13-25(19)36-30(38)27-26-21-9-3-5-11-23(21)32(28(27)31(36)39,24-12-6-4-10-22(24)26)18-34-35-29(37)20-14-16-33-17-15-20/h2-18,26-28H,1H3,(H,35,37)/b34-18-/t26?,27-,28-,32?/m0/s1. The van der Waals surface area contributed by atoms with Crippen molar-refractivity contribution in [3.05, 3.63) is 131 Å². The van der Waals surface area contributed by atoms with Crippen molar-refractivity contribution >= 4 is 29.6 Å². The fourth-order valence-corrected chi connectivity index (χ4v) is 6.86. The maximum Gasteiger partial charge on any atom is 0.271 e. The third-order valence-corrected chi connectivity index (χ3v) is 8.42. The fourth-order valence-electron chi connectivity index (χ4n) is 6.86. The summed E-state index contributed by atoms with van der Waals surface area (Å²) < 4.78 is 0. The molecule has 0 spiro atoms. The van der Waals surface area contributed by atoms with Gasteiger partial charge in [-0.15, -0.1) is 0 Å². The Bertz CT molecular complexity index is 1650. The zero-order chi connectivity index (χ0) is 26.7. The molecule has 2 bridgehead atoms. The lowest BCUT2D eigenvalue weighted by Gasteiger charge is -2.52. The van der Waals surface area contributed by atoms with E-state index in [2.05, 4.69) is 15.5 Å². The first-order valence-electron chi connectivity index (χ1n) is 12.9. The van der Waals surface area contributed by atoms with Gasteiger partial charge in [0.25, 0.3) is 5.91 Å². The molecule has 2 atom stereocenters. The third-order valence-electron chi connectivity index (χ3n) is 8.42. The number of rotatable bonds is 4. The van der Waals surface area contributed by atoms with Crippen LogP contribution in [0, 0.1) is 18.8 Å². The van der Waals surface area contributed by atoms with Gasteiger partial charge in [-0.25, -0.2) is 10.3 Å². The minimum atomic E-state index is -1.04. The molecule has 1 aromatic heterocycles. The molecule has 39 heavy (non-hydrogen) atoms. The lowest BCUT2D eigenvalue weighted by molar-refractivity contribution is -0.122. The summed E-state index contributed by atoms with van der Waals surface area (Å²) in [6.07, 6.45) is 4.75. The summed E-state index contributed by atoms with van der Waals surface area (Å²) >= 11 is 0. The normalized spacial score (nSPS) is 24.4. The zero-order valence-electron chi connectivity index (χ0n) is 21.1. The van der Waals surface area contributed by atoms with Crippen LogP contribution in [0.3, 0.4) is 0 Å². The Hall–Kier alpha value is -4.91. The first-order valence-corrected chi connectivity index (χ1v) is 12.9. The van der Waals surface area contributed by atoms with Gasteiger partial charge in [-0.05, 0) is 52.9 Å². The number of nitrogens with zero attached hydrogens (tertiary/aromatic N) is 3. The average Bonchev–Trinajstić information content (AvgIpc) is 3.24. The van der Waals surface area contributed by atoms with Crippen LogP contribution in [0.25, 0.3) is 0 Å². The Morgan fingerprint density at radius 2 is 1.49 bits per heavy atom. The van der Waals surface area contributed by atoms with Crippen molar-refractivity contribution in [2.75, 3.05) is 4.90 Å². The molecule has 0 unspecified atom stereocenters. The summed E-state index contributed by atoms with van der Waals surface area (Å²) in [7, 11) is 0. The lowest BCUT2D eigenvalue weighted by Crippen LogP contribution is -2.54. The first kappa shape index (κ1) is 23.2. The van der Waals surface area contributed by atoms with Crippen LogP contribution in [0.4, 0.5) is 5.69 Å². The molecule has 3 aromatic carbocycles. The number of amides is 3. The van der Waals surface area contributed by atoms with E-state index < -0.39 is 17.3 Å². The molecule has 7 nitrogen and oxygen atoms in total. The van der Waals surface area contributed by atoms with Crippen LogP contribution in [0.2, 0.25) is 0 Å². The maximum absolute atomic E-state index is 14.4. The van der Waals surface area contributed by atoms with Gasteiger partial charge in [0.05, 0.1) is 22.9 Å². The molecule has 0 saturated carbocycles. The van der Waals surface area contributed by atoms with Crippen molar-refractivity contribution in [2.45, 2.75) is 18.3 Å². The SMILES string of the molecule is Cc1ccccc1N1C(=O)[C@@H]2[C@@H](C1=O)C1c3ccccc3C2(/C=N\NC(=O)c2ccncc2)c2ccccc21. The van der Waals surface area contributed by atoms with Gasteiger partial charge in [0, 0.05) is 30.1 Å². The summed E-state index contributed by atoms with van der Waals surface area (Å²) in [5.41, 5.74) is 7.37. The molecular formula is C32H24N4O3. The monoisotopic (exact) mass is 512 g/mol. The second-order valence-electron chi connectivity index (χ2n) is 10.3. The van der Waals surface area contributed by atoms with Crippen LogP contribution in [-0.4, -0.2) is 28.9 Å². The molecule has 1 N–H and O–H groups in total. The lowest BCUT2D eigenvalue weighted by atomic mass is 9.47. The molecule has 1 aliphatic heterocycles. The minimum absolute atomic E-state index is 0.202. The van der Waals surface area contributed by atoms with Crippen LogP contribution < -0.4 is 10.3 Å². The molecule has 190 valence electrons. The summed E-state index contributed by atoms with van der Waals surface area (Å²) in [5, 5.41) is 4.44. The molecular weight excluding hydrogens is 488 g/mol. The van der Waals surface area contributed by atoms with Crippen LogP contribution >= 0.6 is 0 Å². The number of para-hydroxylation sites is 1. The Balaban J connectivity index is 1.43. The Labute approximate surface area is 225 Å². The van der Waals surface area contributed by atoms with Crippen LogP contribution in [0.5, 0.6) is 0 Å².